The number of hydrogen-bond donors (Lipinski definition) is 2. The molecule has 0 atom stereocenters. The van der Waals surface area contributed by atoms with Crippen LogP contribution in [0.15, 0.2) is 34.8 Å². The second-order valence-corrected chi connectivity index (χ2v) is 5.65. The van der Waals surface area contributed by atoms with Crippen LogP contribution in [0.3, 0.4) is 0 Å². The van der Waals surface area contributed by atoms with E-state index in [-0.39, 0.29) is 0 Å². The molecule has 2 rings (SSSR count). The summed E-state index contributed by atoms with van der Waals surface area (Å²) in [5.41, 5.74) is 4.04. The molecule has 0 amide bonds. The van der Waals surface area contributed by atoms with E-state index in [2.05, 4.69) is 20.6 Å². The number of benzene rings is 1. The number of nitrogens with one attached hydrogen (secondary N) is 2. The van der Waals surface area contributed by atoms with E-state index in [1.54, 1.807) is 18.4 Å². The molecular weight excluding hydrogens is 292 g/mol. The summed E-state index contributed by atoms with van der Waals surface area (Å²) in [6, 6.07) is 7.77. The highest BCUT2D eigenvalue weighted by Gasteiger charge is 2.03. The predicted octanol–water partition coefficient (Wildman–Crippen LogP) is 2.97. The summed E-state index contributed by atoms with van der Waals surface area (Å²) in [6.07, 6.45) is 0. The molecule has 0 saturated carbocycles. The summed E-state index contributed by atoms with van der Waals surface area (Å²) < 4.78 is 0. The van der Waals surface area contributed by atoms with Crippen molar-refractivity contribution < 1.29 is 0 Å². The number of aryl methyl sites for hydroxylation is 1. The van der Waals surface area contributed by atoms with Crippen LogP contribution < -0.4 is 10.6 Å². The maximum atomic E-state index is 5.96. The van der Waals surface area contributed by atoms with Crippen molar-refractivity contribution in [2.24, 2.45) is 4.99 Å². The second kappa shape index (κ2) is 7.26. The van der Waals surface area contributed by atoms with Crippen molar-refractivity contribution in [3.63, 3.8) is 0 Å². The third-order valence-electron chi connectivity index (χ3n) is 2.83. The Labute approximate surface area is 127 Å². The van der Waals surface area contributed by atoms with Crippen LogP contribution in [0.5, 0.6) is 0 Å². The summed E-state index contributed by atoms with van der Waals surface area (Å²) in [5.74, 6) is 0.762. The monoisotopic (exact) mass is 308 g/mol. The zero-order chi connectivity index (χ0) is 14.4. The minimum atomic E-state index is 0.682. The van der Waals surface area contributed by atoms with Crippen LogP contribution in [0.25, 0.3) is 0 Å². The molecule has 1 aromatic carbocycles. The molecule has 0 saturated heterocycles. The lowest BCUT2D eigenvalue weighted by Crippen LogP contribution is -2.36. The molecule has 2 aromatic rings. The van der Waals surface area contributed by atoms with Gasteiger partial charge in [-0.15, -0.1) is 11.3 Å². The van der Waals surface area contributed by atoms with Crippen LogP contribution in [0, 0.1) is 6.92 Å². The SMILES string of the molecule is CN=C(NCc1cccc(Cl)c1)NCc1scnc1C. The fourth-order valence-electron chi connectivity index (χ4n) is 1.71. The molecule has 20 heavy (non-hydrogen) atoms. The summed E-state index contributed by atoms with van der Waals surface area (Å²) >= 11 is 7.61. The van der Waals surface area contributed by atoms with E-state index >= 15 is 0 Å². The average Bonchev–Trinajstić information content (AvgIpc) is 2.85. The molecule has 0 radical (unpaired) electrons. The third-order valence-corrected chi connectivity index (χ3v) is 4.00. The van der Waals surface area contributed by atoms with Crippen LogP contribution >= 0.6 is 22.9 Å². The molecule has 0 unspecified atom stereocenters. The molecule has 0 aliphatic heterocycles. The van der Waals surface area contributed by atoms with Crippen LogP contribution in [-0.4, -0.2) is 18.0 Å². The predicted molar refractivity (Wildman–Crippen MR) is 85.3 cm³/mol. The number of nitrogens with zero attached hydrogens (tertiary/aromatic N) is 2. The minimum absolute atomic E-state index is 0.682. The number of thiazole rings is 1. The molecule has 0 fully saturated rings. The Morgan fingerprint density at radius 2 is 2.15 bits per heavy atom. The van der Waals surface area contributed by atoms with Crippen LogP contribution in [0.2, 0.25) is 5.02 Å². The number of halogens is 1. The van der Waals surface area contributed by atoms with Gasteiger partial charge in [0.1, 0.15) is 0 Å². The maximum Gasteiger partial charge on any atom is 0.191 e. The Bertz CT molecular complexity index is 594. The highest BCUT2D eigenvalue weighted by molar-refractivity contribution is 7.09. The standard InChI is InChI=1S/C14H17ClN4S/c1-10-13(20-9-19-10)8-18-14(16-2)17-7-11-4-3-5-12(15)6-11/h3-6,9H,7-8H2,1-2H3,(H2,16,17,18). The molecule has 0 bridgehead atoms. The van der Waals surface area contributed by atoms with Crippen molar-refractivity contribution in [1.29, 1.82) is 0 Å². The molecule has 0 aliphatic carbocycles. The van der Waals surface area contributed by atoms with Gasteiger partial charge in [-0.2, -0.15) is 0 Å². The van der Waals surface area contributed by atoms with Crippen molar-refractivity contribution >= 4 is 28.9 Å². The lowest BCUT2D eigenvalue weighted by Gasteiger charge is -2.11. The summed E-state index contributed by atoms with van der Waals surface area (Å²) in [5, 5.41) is 7.28. The first-order chi connectivity index (χ1) is 9.69. The molecule has 4 nitrogen and oxygen atoms in total. The summed E-state index contributed by atoms with van der Waals surface area (Å²) in [6.45, 7) is 3.42. The molecule has 0 aliphatic rings. The smallest absolute Gasteiger partial charge is 0.191 e. The topological polar surface area (TPSA) is 49.3 Å². The Balaban J connectivity index is 1.85. The summed E-state index contributed by atoms with van der Waals surface area (Å²) in [7, 11) is 1.76. The third kappa shape index (κ3) is 4.21. The van der Waals surface area contributed by atoms with Crippen LogP contribution in [0.1, 0.15) is 16.1 Å². The normalized spacial score (nSPS) is 11.4. The van der Waals surface area contributed by atoms with E-state index in [4.69, 9.17) is 11.6 Å². The van der Waals surface area contributed by atoms with Gasteiger partial charge in [0, 0.05) is 23.5 Å². The van der Waals surface area contributed by atoms with Gasteiger partial charge in [0.25, 0.3) is 0 Å². The van der Waals surface area contributed by atoms with Crippen molar-refractivity contribution in [3.05, 3.63) is 50.9 Å². The minimum Gasteiger partial charge on any atom is -0.352 e. The van der Waals surface area contributed by atoms with Crippen molar-refractivity contribution in [2.45, 2.75) is 20.0 Å². The summed E-state index contributed by atoms with van der Waals surface area (Å²) in [4.78, 5) is 9.65. The van der Waals surface area contributed by atoms with E-state index < -0.39 is 0 Å². The number of aliphatic imine (C=N–C) groups is 1. The average molecular weight is 309 g/mol. The van der Waals surface area contributed by atoms with E-state index in [1.165, 1.54) is 4.88 Å². The Morgan fingerprint density at radius 1 is 1.35 bits per heavy atom. The highest BCUT2D eigenvalue weighted by Crippen LogP contribution is 2.11. The van der Waals surface area contributed by atoms with Gasteiger partial charge in [-0.05, 0) is 24.6 Å². The largest absolute Gasteiger partial charge is 0.352 e. The van der Waals surface area contributed by atoms with Gasteiger partial charge >= 0.3 is 0 Å². The highest BCUT2D eigenvalue weighted by atomic mass is 35.5. The lowest BCUT2D eigenvalue weighted by atomic mass is 10.2. The lowest BCUT2D eigenvalue weighted by molar-refractivity contribution is 0.811. The fourth-order valence-corrected chi connectivity index (χ4v) is 2.64. The molecule has 106 valence electrons. The van der Waals surface area contributed by atoms with Gasteiger partial charge in [0.2, 0.25) is 0 Å². The first-order valence-corrected chi connectivity index (χ1v) is 7.52. The molecule has 2 N–H and O–H groups in total. The van der Waals surface area contributed by atoms with Crippen molar-refractivity contribution in [3.8, 4) is 0 Å². The fraction of sp³-hybridized carbons (Fsp3) is 0.286. The van der Waals surface area contributed by atoms with E-state index in [1.807, 2.05) is 36.7 Å². The molecule has 1 heterocycles. The molecule has 6 heteroatoms. The maximum absolute atomic E-state index is 5.96. The Kier molecular flexibility index (Phi) is 5.38. The number of hydrogen-bond acceptors (Lipinski definition) is 3. The van der Waals surface area contributed by atoms with Gasteiger partial charge in [-0.25, -0.2) is 4.98 Å². The quantitative estimate of drug-likeness (QED) is 0.674. The molecular formula is C14H17ClN4S. The Morgan fingerprint density at radius 3 is 2.80 bits per heavy atom. The van der Waals surface area contributed by atoms with Crippen molar-refractivity contribution in [1.82, 2.24) is 15.6 Å². The van der Waals surface area contributed by atoms with Gasteiger partial charge < -0.3 is 10.6 Å². The Hall–Kier alpha value is -1.59. The van der Waals surface area contributed by atoms with Gasteiger partial charge in [-0.3, -0.25) is 4.99 Å². The van der Waals surface area contributed by atoms with Gasteiger partial charge in [-0.1, -0.05) is 23.7 Å². The van der Waals surface area contributed by atoms with E-state index in [0.717, 1.165) is 28.8 Å². The zero-order valence-corrected chi connectivity index (χ0v) is 13.1. The molecule has 1 aromatic heterocycles. The van der Waals surface area contributed by atoms with Crippen molar-refractivity contribution in [2.75, 3.05) is 7.05 Å². The van der Waals surface area contributed by atoms with Gasteiger partial charge in [0.05, 0.1) is 17.7 Å². The number of rotatable bonds is 4. The van der Waals surface area contributed by atoms with Gasteiger partial charge in [0.15, 0.2) is 5.96 Å². The first kappa shape index (κ1) is 14.8. The number of aromatic nitrogens is 1. The zero-order valence-electron chi connectivity index (χ0n) is 11.5. The van der Waals surface area contributed by atoms with E-state index in [0.29, 0.717) is 6.54 Å². The first-order valence-electron chi connectivity index (χ1n) is 6.27. The second-order valence-electron chi connectivity index (χ2n) is 4.27. The molecule has 0 spiro atoms. The van der Waals surface area contributed by atoms with E-state index in [9.17, 15) is 0 Å². The number of guanidine groups is 1. The van der Waals surface area contributed by atoms with Crippen LogP contribution in [-0.2, 0) is 13.1 Å². The van der Waals surface area contributed by atoms with Crippen LogP contribution in [0.4, 0.5) is 0 Å².